The molecule has 2 rings (SSSR count). The second-order valence-corrected chi connectivity index (χ2v) is 5.97. The molecular formula is C15H20ClN2+. The minimum atomic E-state index is 0.152. The SMILES string of the molecule is CC(C)(C)c1cc(CCl)cc(C[n+]2cc[nH]c2)c1. The highest BCUT2D eigenvalue weighted by Gasteiger charge is 2.15. The Labute approximate surface area is 114 Å². The lowest BCUT2D eigenvalue weighted by atomic mass is 9.85. The van der Waals surface area contributed by atoms with Crippen molar-refractivity contribution < 1.29 is 4.57 Å². The van der Waals surface area contributed by atoms with Gasteiger partial charge in [0.2, 0.25) is 6.33 Å². The number of halogens is 1. The number of aromatic nitrogens is 2. The fourth-order valence-electron chi connectivity index (χ4n) is 1.99. The molecule has 0 aliphatic carbocycles. The fraction of sp³-hybridized carbons (Fsp3) is 0.400. The number of rotatable bonds is 3. The summed E-state index contributed by atoms with van der Waals surface area (Å²) in [7, 11) is 0. The molecule has 0 unspecified atom stereocenters. The summed E-state index contributed by atoms with van der Waals surface area (Å²) in [5.41, 5.74) is 3.98. The Morgan fingerprint density at radius 2 is 1.89 bits per heavy atom. The molecule has 0 atom stereocenters. The number of hydrogen-bond donors (Lipinski definition) is 1. The summed E-state index contributed by atoms with van der Waals surface area (Å²) in [5, 5.41) is 0. The van der Waals surface area contributed by atoms with Crippen molar-refractivity contribution in [2.75, 3.05) is 0 Å². The number of aromatic amines is 1. The Balaban J connectivity index is 2.35. The van der Waals surface area contributed by atoms with Crippen molar-refractivity contribution in [1.82, 2.24) is 4.98 Å². The molecule has 0 radical (unpaired) electrons. The molecule has 18 heavy (non-hydrogen) atoms. The Bertz CT molecular complexity index is 510. The summed E-state index contributed by atoms with van der Waals surface area (Å²) >= 11 is 5.99. The highest BCUT2D eigenvalue weighted by molar-refractivity contribution is 6.17. The van der Waals surface area contributed by atoms with Gasteiger partial charge in [-0.25, -0.2) is 4.57 Å². The largest absolute Gasteiger partial charge is 0.250 e. The van der Waals surface area contributed by atoms with Gasteiger partial charge >= 0.3 is 0 Å². The molecule has 0 fully saturated rings. The van der Waals surface area contributed by atoms with E-state index in [1.165, 1.54) is 16.7 Å². The molecule has 0 amide bonds. The van der Waals surface area contributed by atoms with E-state index in [1.807, 2.05) is 18.7 Å². The van der Waals surface area contributed by atoms with E-state index in [2.05, 4.69) is 48.5 Å². The zero-order valence-corrected chi connectivity index (χ0v) is 12.0. The first-order valence-corrected chi connectivity index (χ1v) is 6.73. The Kier molecular flexibility index (Phi) is 3.76. The van der Waals surface area contributed by atoms with Crippen molar-refractivity contribution in [3.05, 3.63) is 53.6 Å². The van der Waals surface area contributed by atoms with Crippen molar-refractivity contribution in [3.63, 3.8) is 0 Å². The average Bonchev–Trinajstić information content (AvgIpc) is 2.80. The molecule has 0 aliphatic rings. The van der Waals surface area contributed by atoms with Gasteiger partial charge in [-0.15, -0.1) is 11.6 Å². The molecule has 0 bridgehead atoms. The highest BCUT2D eigenvalue weighted by Crippen LogP contribution is 2.25. The van der Waals surface area contributed by atoms with Crippen LogP contribution in [0.25, 0.3) is 0 Å². The van der Waals surface area contributed by atoms with Gasteiger partial charge in [-0.1, -0.05) is 39.0 Å². The molecule has 0 spiro atoms. The first kappa shape index (κ1) is 13.2. The number of alkyl halides is 1. The van der Waals surface area contributed by atoms with Gasteiger partial charge in [0.1, 0.15) is 18.9 Å². The molecule has 96 valence electrons. The second kappa shape index (κ2) is 5.15. The van der Waals surface area contributed by atoms with Crippen LogP contribution in [-0.2, 0) is 17.8 Å². The maximum Gasteiger partial charge on any atom is 0.241 e. The zero-order valence-electron chi connectivity index (χ0n) is 11.2. The van der Waals surface area contributed by atoms with E-state index >= 15 is 0 Å². The van der Waals surface area contributed by atoms with Gasteiger partial charge in [0.15, 0.2) is 0 Å². The van der Waals surface area contributed by atoms with Crippen molar-refractivity contribution >= 4 is 11.6 Å². The third-order valence-corrected chi connectivity index (χ3v) is 3.35. The van der Waals surface area contributed by atoms with Crippen LogP contribution in [0.2, 0.25) is 0 Å². The van der Waals surface area contributed by atoms with Crippen molar-refractivity contribution in [2.45, 2.75) is 38.6 Å². The Morgan fingerprint density at radius 1 is 1.17 bits per heavy atom. The molecular weight excluding hydrogens is 244 g/mol. The van der Waals surface area contributed by atoms with Crippen LogP contribution in [-0.4, -0.2) is 4.98 Å². The van der Waals surface area contributed by atoms with Gasteiger partial charge in [-0.2, -0.15) is 0 Å². The van der Waals surface area contributed by atoms with Crippen molar-refractivity contribution in [3.8, 4) is 0 Å². The Morgan fingerprint density at radius 3 is 2.44 bits per heavy atom. The zero-order chi connectivity index (χ0) is 13.2. The normalized spacial score (nSPS) is 11.8. The molecule has 1 aromatic carbocycles. The topological polar surface area (TPSA) is 19.7 Å². The predicted octanol–water partition coefficient (Wildman–Crippen LogP) is 3.39. The van der Waals surface area contributed by atoms with Crippen LogP contribution in [0, 0.1) is 0 Å². The van der Waals surface area contributed by atoms with Gasteiger partial charge in [0, 0.05) is 5.88 Å². The maximum absolute atomic E-state index is 5.99. The summed E-state index contributed by atoms with van der Waals surface area (Å²) in [5.74, 6) is 0.564. The third kappa shape index (κ3) is 3.14. The summed E-state index contributed by atoms with van der Waals surface area (Å²) in [4.78, 5) is 3.06. The van der Waals surface area contributed by atoms with E-state index < -0.39 is 0 Å². The number of nitrogens with zero attached hydrogens (tertiary/aromatic N) is 1. The van der Waals surface area contributed by atoms with Gasteiger partial charge in [0.25, 0.3) is 0 Å². The van der Waals surface area contributed by atoms with E-state index in [4.69, 9.17) is 11.6 Å². The molecule has 3 heteroatoms. The predicted molar refractivity (Wildman–Crippen MR) is 74.8 cm³/mol. The molecule has 2 aromatic rings. The van der Waals surface area contributed by atoms with E-state index in [0.29, 0.717) is 5.88 Å². The molecule has 0 saturated heterocycles. The summed E-state index contributed by atoms with van der Waals surface area (Å²) < 4.78 is 2.12. The summed E-state index contributed by atoms with van der Waals surface area (Å²) in [6.45, 7) is 7.56. The van der Waals surface area contributed by atoms with Crippen LogP contribution in [0.1, 0.15) is 37.5 Å². The summed E-state index contributed by atoms with van der Waals surface area (Å²) in [6, 6.07) is 6.66. The maximum atomic E-state index is 5.99. The van der Waals surface area contributed by atoms with E-state index in [9.17, 15) is 0 Å². The van der Waals surface area contributed by atoms with Crippen LogP contribution in [0.4, 0.5) is 0 Å². The van der Waals surface area contributed by atoms with Crippen LogP contribution in [0.3, 0.4) is 0 Å². The monoisotopic (exact) mass is 263 g/mol. The number of benzene rings is 1. The van der Waals surface area contributed by atoms with Crippen LogP contribution < -0.4 is 4.57 Å². The number of hydrogen-bond acceptors (Lipinski definition) is 0. The summed E-state index contributed by atoms with van der Waals surface area (Å²) in [6.07, 6.45) is 5.92. The third-order valence-electron chi connectivity index (χ3n) is 3.04. The lowest BCUT2D eigenvalue weighted by molar-refractivity contribution is -0.687. The quantitative estimate of drug-likeness (QED) is 0.647. The van der Waals surface area contributed by atoms with Crippen LogP contribution >= 0.6 is 11.6 Å². The van der Waals surface area contributed by atoms with Crippen molar-refractivity contribution in [1.29, 1.82) is 0 Å². The lowest BCUT2D eigenvalue weighted by Gasteiger charge is -2.20. The highest BCUT2D eigenvalue weighted by atomic mass is 35.5. The smallest absolute Gasteiger partial charge is 0.241 e. The standard InChI is InChI=1S/C15H19ClN2/c1-15(2,3)14-7-12(9-16)6-13(8-14)10-18-5-4-17-11-18/h4-8,11H,9-10H2,1-3H3/p+1. The number of nitrogens with one attached hydrogen (secondary N) is 1. The van der Waals surface area contributed by atoms with Gasteiger partial charge in [-0.3, -0.25) is 4.98 Å². The van der Waals surface area contributed by atoms with Gasteiger partial charge in [0.05, 0.1) is 0 Å². The average molecular weight is 264 g/mol. The number of imidazole rings is 1. The number of H-pyrrole nitrogens is 1. The van der Waals surface area contributed by atoms with E-state index in [0.717, 1.165) is 6.54 Å². The van der Waals surface area contributed by atoms with Crippen LogP contribution in [0.15, 0.2) is 36.9 Å². The minimum Gasteiger partial charge on any atom is -0.250 e. The Hall–Kier alpha value is -1.28. The second-order valence-electron chi connectivity index (χ2n) is 5.71. The first-order valence-electron chi connectivity index (χ1n) is 6.20. The van der Waals surface area contributed by atoms with Crippen molar-refractivity contribution in [2.24, 2.45) is 0 Å². The molecule has 0 aliphatic heterocycles. The van der Waals surface area contributed by atoms with Crippen LogP contribution in [0.5, 0.6) is 0 Å². The van der Waals surface area contributed by atoms with E-state index in [-0.39, 0.29) is 5.41 Å². The molecule has 1 N–H and O–H groups in total. The minimum absolute atomic E-state index is 0.152. The van der Waals surface area contributed by atoms with Gasteiger partial charge < -0.3 is 0 Å². The molecule has 1 heterocycles. The fourth-order valence-corrected chi connectivity index (χ4v) is 2.15. The van der Waals surface area contributed by atoms with E-state index in [1.54, 1.807) is 0 Å². The first-order chi connectivity index (χ1) is 8.49. The molecule has 1 aromatic heterocycles. The van der Waals surface area contributed by atoms with Gasteiger partial charge in [-0.05, 0) is 22.1 Å². The lowest BCUT2D eigenvalue weighted by Crippen LogP contribution is -2.31. The molecule has 0 saturated carbocycles. The molecule has 2 nitrogen and oxygen atoms in total.